The average molecular weight is 308 g/mol. The van der Waals surface area contributed by atoms with Gasteiger partial charge in [0.25, 0.3) is 0 Å². The molecule has 1 N–H and O–H groups in total. The standard InChI is InChI=1S/C17H25NS2/c1-12(10-14-7-6-13(2)19-14)18-11-15-8-9-16(20-15)17(3,4)5/h6-9,12,18H,10-11H2,1-5H3. The van der Waals surface area contributed by atoms with Crippen LogP contribution in [0.1, 0.15) is 47.2 Å². The fraction of sp³-hybridized carbons (Fsp3) is 0.529. The maximum Gasteiger partial charge on any atom is 0.0302 e. The first kappa shape index (κ1) is 15.7. The van der Waals surface area contributed by atoms with Crippen molar-refractivity contribution >= 4 is 22.7 Å². The van der Waals surface area contributed by atoms with Crippen molar-refractivity contribution < 1.29 is 0 Å². The third-order valence-electron chi connectivity index (χ3n) is 3.33. The molecule has 0 aliphatic rings. The molecule has 0 bridgehead atoms. The molecule has 0 aliphatic heterocycles. The topological polar surface area (TPSA) is 12.0 Å². The number of aryl methyl sites for hydroxylation is 1. The van der Waals surface area contributed by atoms with E-state index < -0.39 is 0 Å². The number of hydrogen-bond acceptors (Lipinski definition) is 3. The molecule has 0 aromatic carbocycles. The molecule has 2 aromatic heterocycles. The van der Waals surface area contributed by atoms with E-state index in [2.05, 4.69) is 64.2 Å². The van der Waals surface area contributed by atoms with E-state index in [9.17, 15) is 0 Å². The Labute approximate surface area is 131 Å². The molecule has 20 heavy (non-hydrogen) atoms. The van der Waals surface area contributed by atoms with Gasteiger partial charge in [0.2, 0.25) is 0 Å². The predicted molar refractivity (Wildman–Crippen MR) is 92.1 cm³/mol. The molecule has 0 fully saturated rings. The summed E-state index contributed by atoms with van der Waals surface area (Å²) in [6.07, 6.45) is 1.12. The van der Waals surface area contributed by atoms with Crippen LogP contribution in [0.2, 0.25) is 0 Å². The number of rotatable bonds is 5. The third-order valence-corrected chi connectivity index (χ3v) is 5.86. The van der Waals surface area contributed by atoms with E-state index in [1.165, 1.54) is 19.5 Å². The minimum absolute atomic E-state index is 0.267. The fourth-order valence-electron chi connectivity index (χ4n) is 2.12. The molecule has 0 radical (unpaired) electrons. The zero-order chi connectivity index (χ0) is 14.8. The van der Waals surface area contributed by atoms with Crippen molar-refractivity contribution in [1.82, 2.24) is 5.32 Å². The summed E-state index contributed by atoms with van der Waals surface area (Å²) in [6.45, 7) is 12.2. The van der Waals surface area contributed by atoms with Crippen molar-refractivity contribution in [3.05, 3.63) is 43.8 Å². The van der Waals surface area contributed by atoms with Crippen LogP contribution >= 0.6 is 22.7 Å². The Morgan fingerprint density at radius 3 is 2.30 bits per heavy atom. The normalized spacial score (nSPS) is 13.7. The molecule has 0 saturated heterocycles. The monoisotopic (exact) mass is 307 g/mol. The van der Waals surface area contributed by atoms with Gasteiger partial charge in [-0.2, -0.15) is 0 Å². The Balaban J connectivity index is 1.84. The second kappa shape index (κ2) is 6.42. The Morgan fingerprint density at radius 2 is 1.75 bits per heavy atom. The van der Waals surface area contributed by atoms with Gasteiger partial charge in [0.15, 0.2) is 0 Å². The van der Waals surface area contributed by atoms with Gasteiger partial charge in [-0.25, -0.2) is 0 Å². The van der Waals surface area contributed by atoms with Gasteiger partial charge in [0.05, 0.1) is 0 Å². The van der Waals surface area contributed by atoms with E-state index in [1.54, 1.807) is 0 Å². The molecule has 1 nitrogen and oxygen atoms in total. The van der Waals surface area contributed by atoms with E-state index in [0.29, 0.717) is 6.04 Å². The highest BCUT2D eigenvalue weighted by atomic mass is 32.1. The third kappa shape index (κ3) is 4.44. The van der Waals surface area contributed by atoms with Gasteiger partial charge in [-0.1, -0.05) is 20.8 Å². The minimum atomic E-state index is 0.267. The fourth-order valence-corrected chi connectivity index (χ4v) is 4.15. The average Bonchev–Trinajstić information content (AvgIpc) is 2.95. The molecule has 0 saturated carbocycles. The summed E-state index contributed by atoms with van der Waals surface area (Å²) >= 11 is 3.84. The first-order valence-electron chi connectivity index (χ1n) is 7.22. The lowest BCUT2D eigenvalue weighted by Gasteiger charge is -2.15. The molecule has 110 valence electrons. The van der Waals surface area contributed by atoms with Crippen LogP contribution in [-0.2, 0) is 18.4 Å². The summed E-state index contributed by atoms with van der Waals surface area (Å²) < 4.78 is 0. The molecule has 2 aromatic rings. The van der Waals surface area contributed by atoms with Crippen molar-refractivity contribution in [3.8, 4) is 0 Å². The zero-order valence-electron chi connectivity index (χ0n) is 13.1. The van der Waals surface area contributed by atoms with Crippen LogP contribution in [0.25, 0.3) is 0 Å². The SMILES string of the molecule is Cc1ccc(CC(C)NCc2ccc(C(C)(C)C)s2)s1. The Bertz CT molecular complexity index is 545. The summed E-state index contributed by atoms with van der Waals surface area (Å²) in [7, 11) is 0. The molecule has 3 heteroatoms. The summed E-state index contributed by atoms with van der Waals surface area (Å²) in [4.78, 5) is 5.78. The Hall–Kier alpha value is -0.640. The zero-order valence-corrected chi connectivity index (χ0v) is 14.8. The quantitative estimate of drug-likeness (QED) is 0.807. The van der Waals surface area contributed by atoms with Crippen molar-refractivity contribution in [1.29, 1.82) is 0 Å². The molecule has 0 aliphatic carbocycles. The highest BCUT2D eigenvalue weighted by Crippen LogP contribution is 2.29. The van der Waals surface area contributed by atoms with Crippen LogP contribution < -0.4 is 5.32 Å². The molecule has 1 atom stereocenters. The lowest BCUT2D eigenvalue weighted by atomic mass is 9.95. The van der Waals surface area contributed by atoms with Crippen LogP contribution in [0.3, 0.4) is 0 Å². The van der Waals surface area contributed by atoms with Gasteiger partial charge >= 0.3 is 0 Å². The Kier molecular flexibility index (Phi) is 5.05. The molecule has 2 heterocycles. The molecule has 2 rings (SSSR count). The largest absolute Gasteiger partial charge is 0.309 e. The number of nitrogens with one attached hydrogen (secondary N) is 1. The van der Waals surface area contributed by atoms with Gasteiger partial charge in [-0.3, -0.25) is 0 Å². The van der Waals surface area contributed by atoms with Crippen LogP contribution in [-0.4, -0.2) is 6.04 Å². The lowest BCUT2D eigenvalue weighted by Crippen LogP contribution is -2.26. The summed E-state index contributed by atoms with van der Waals surface area (Å²) in [6, 6.07) is 9.52. The van der Waals surface area contributed by atoms with Crippen molar-refractivity contribution in [2.45, 2.75) is 59.0 Å². The number of hydrogen-bond donors (Lipinski definition) is 1. The van der Waals surface area contributed by atoms with Gasteiger partial charge in [-0.05, 0) is 49.9 Å². The predicted octanol–water partition coefficient (Wildman–Crippen LogP) is 5.14. The van der Waals surface area contributed by atoms with Crippen molar-refractivity contribution in [2.75, 3.05) is 0 Å². The summed E-state index contributed by atoms with van der Waals surface area (Å²) in [5.74, 6) is 0. The molecular weight excluding hydrogens is 282 g/mol. The summed E-state index contributed by atoms with van der Waals surface area (Å²) in [5, 5.41) is 3.64. The van der Waals surface area contributed by atoms with Gasteiger partial charge in [0, 0.05) is 32.1 Å². The molecule has 0 spiro atoms. The maximum absolute atomic E-state index is 3.64. The first-order valence-corrected chi connectivity index (χ1v) is 8.86. The van der Waals surface area contributed by atoms with E-state index in [1.807, 2.05) is 22.7 Å². The van der Waals surface area contributed by atoms with Crippen LogP contribution in [0.15, 0.2) is 24.3 Å². The smallest absolute Gasteiger partial charge is 0.0302 e. The van der Waals surface area contributed by atoms with Gasteiger partial charge < -0.3 is 5.32 Å². The lowest BCUT2D eigenvalue weighted by molar-refractivity contribution is 0.552. The van der Waals surface area contributed by atoms with Gasteiger partial charge in [-0.15, -0.1) is 22.7 Å². The number of thiophene rings is 2. The highest BCUT2D eigenvalue weighted by Gasteiger charge is 2.16. The second-order valence-electron chi connectivity index (χ2n) is 6.51. The van der Waals surface area contributed by atoms with Crippen LogP contribution in [0.5, 0.6) is 0 Å². The maximum atomic E-state index is 3.64. The Morgan fingerprint density at radius 1 is 1.05 bits per heavy atom. The minimum Gasteiger partial charge on any atom is -0.309 e. The highest BCUT2D eigenvalue weighted by molar-refractivity contribution is 7.12. The van der Waals surface area contributed by atoms with Crippen molar-refractivity contribution in [3.63, 3.8) is 0 Å². The van der Waals surface area contributed by atoms with E-state index >= 15 is 0 Å². The van der Waals surface area contributed by atoms with E-state index in [-0.39, 0.29) is 5.41 Å². The molecular formula is C17H25NS2. The van der Waals surface area contributed by atoms with Gasteiger partial charge in [0.1, 0.15) is 0 Å². The summed E-state index contributed by atoms with van der Waals surface area (Å²) in [5.41, 5.74) is 0.267. The molecule has 0 amide bonds. The molecule has 1 unspecified atom stereocenters. The first-order chi connectivity index (χ1) is 9.34. The van der Waals surface area contributed by atoms with Crippen molar-refractivity contribution in [2.24, 2.45) is 0 Å². The van der Waals surface area contributed by atoms with E-state index in [4.69, 9.17) is 0 Å². The van der Waals surface area contributed by atoms with Crippen LogP contribution in [0.4, 0.5) is 0 Å². The van der Waals surface area contributed by atoms with E-state index in [0.717, 1.165) is 13.0 Å². The second-order valence-corrected chi connectivity index (χ2v) is 9.06. The van der Waals surface area contributed by atoms with Crippen LogP contribution in [0, 0.1) is 6.92 Å².